The van der Waals surface area contributed by atoms with E-state index in [1.807, 2.05) is 0 Å². The summed E-state index contributed by atoms with van der Waals surface area (Å²) in [5.41, 5.74) is 0.841. The number of hydrogen-bond acceptors (Lipinski definition) is 1. The highest BCUT2D eigenvalue weighted by Gasteiger charge is 2.30. The Morgan fingerprint density at radius 2 is 1.07 bits per heavy atom. The monoisotopic (exact) mass is 630 g/mol. The van der Waals surface area contributed by atoms with Gasteiger partial charge in [0.2, 0.25) is 0 Å². The fraction of sp³-hybridized carbons (Fsp3) is 0.526. The van der Waals surface area contributed by atoms with Crippen molar-refractivity contribution in [2.24, 2.45) is 5.92 Å². The molecule has 2 saturated carbocycles. The van der Waals surface area contributed by atoms with E-state index in [-0.39, 0.29) is 40.2 Å². The Labute approximate surface area is 263 Å². The van der Waals surface area contributed by atoms with Crippen molar-refractivity contribution in [2.75, 3.05) is 6.61 Å². The predicted octanol–water partition coefficient (Wildman–Crippen LogP) is 11.5. The molecule has 0 unspecified atom stereocenters. The van der Waals surface area contributed by atoms with E-state index in [2.05, 4.69) is 6.92 Å². The van der Waals surface area contributed by atoms with Gasteiger partial charge in [0.05, 0.1) is 6.10 Å². The number of ether oxygens (including phenoxy) is 1. The molecule has 0 N–H and O–H groups in total. The van der Waals surface area contributed by atoms with Gasteiger partial charge in [0.1, 0.15) is 0 Å². The molecule has 0 amide bonds. The molecule has 2 aliphatic rings. The maximum atomic E-state index is 15.2. The average molecular weight is 631 g/mol. The Bertz CT molecular complexity index is 1450. The van der Waals surface area contributed by atoms with Crippen LogP contribution < -0.4 is 0 Å². The number of benzene rings is 3. The first-order valence-corrected chi connectivity index (χ1v) is 16.8. The fourth-order valence-corrected chi connectivity index (χ4v) is 7.29. The van der Waals surface area contributed by atoms with Gasteiger partial charge in [-0.25, -0.2) is 26.3 Å². The molecule has 0 radical (unpaired) electrons. The number of rotatable bonds is 11. The minimum atomic E-state index is -1.17. The average Bonchev–Trinajstić information content (AvgIpc) is 3.06. The zero-order chi connectivity index (χ0) is 32.1. The van der Waals surface area contributed by atoms with Crippen molar-refractivity contribution in [2.45, 2.75) is 115 Å². The van der Waals surface area contributed by atoms with Crippen molar-refractivity contribution in [3.05, 3.63) is 93.6 Å². The number of aryl methyl sites for hydroxylation is 2. The molecular weight excluding hydrogens is 586 g/mol. The molecule has 0 aliphatic heterocycles. The fourth-order valence-electron chi connectivity index (χ4n) is 7.29. The maximum absolute atomic E-state index is 15.2. The van der Waals surface area contributed by atoms with E-state index in [0.717, 1.165) is 57.8 Å². The van der Waals surface area contributed by atoms with Gasteiger partial charge in [-0.1, -0.05) is 63.1 Å². The second-order valence-corrected chi connectivity index (χ2v) is 13.0. The van der Waals surface area contributed by atoms with E-state index in [1.165, 1.54) is 24.3 Å². The third-order valence-electron chi connectivity index (χ3n) is 10.2. The first-order valence-electron chi connectivity index (χ1n) is 16.8. The lowest BCUT2D eigenvalue weighted by Gasteiger charge is -2.33. The third kappa shape index (κ3) is 7.45. The summed E-state index contributed by atoms with van der Waals surface area (Å²) in [5, 5.41) is 0. The van der Waals surface area contributed by atoms with Crippen molar-refractivity contribution >= 4 is 0 Å². The van der Waals surface area contributed by atoms with E-state index >= 15 is 8.78 Å². The first kappa shape index (κ1) is 33.6. The Morgan fingerprint density at radius 3 is 1.69 bits per heavy atom. The zero-order valence-electron chi connectivity index (χ0n) is 26.3. The molecule has 2 fully saturated rings. The van der Waals surface area contributed by atoms with Gasteiger partial charge in [-0.15, -0.1) is 0 Å². The van der Waals surface area contributed by atoms with Gasteiger partial charge in [0, 0.05) is 17.7 Å². The highest BCUT2D eigenvalue weighted by atomic mass is 19.2. The Morgan fingerprint density at radius 1 is 0.556 bits per heavy atom. The summed E-state index contributed by atoms with van der Waals surface area (Å²) in [7, 11) is 0. The largest absolute Gasteiger partial charge is 0.378 e. The van der Waals surface area contributed by atoms with Crippen LogP contribution in [-0.2, 0) is 17.6 Å². The van der Waals surface area contributed by atoms with Crippen LogP contribution in [0.2, 0.25) is 0 Å². The van der Waals surface area contributed by atoms with E-state index in [1.54, 1.807) is 19.1 Å². The van der Waals surface area contributed by atoms with Gasteiger partial charge < -0.3 is 4.74 Å². The molecule has 0 atom stereocenters. The Hall–Kier alpha value is -2.80. The second-order valence-electron chi connectivity index (χ2n) is 13.0. The van der Waals surface area contributed by atoms with Crippen molar-refractivity contribution < 1.29 is 31.1 Å². The molecule has 244 valence electrons. The highest BCUT2D eigenvalue weighted by Crippen LogP contribution is 2.41. The molecule has 3 aromatic rings. The SMILES string of the molecule is CCCCCc1ccc(C2CCC(COC3CCC(c4ccc(-c5ccc(CC)c(F)c5F)c(F)c4F)CC3)CC2)c(F)c1F. The van der Waals surface area contributed by atoms with E-state index < -0.39 is 34.9 Å². The molecule has 0 heterocycles. The molecule has 0 saturated heterocycles. The molecule has 7 heteroatoms. The van der Waals surface area contributed by atoms with Crippen LogP contribution in [-0.4, -0.2) is 12.7 Å². The topological polar surface area (TPSA) is 9.23 Å². The minimum absolute atomic E-state index is 0.0174. The molecule has 0 aromatic heterocycles. The molecule has 0 bridgehead atoms. The van der Waals surface area contributed by atoms with Crippen molar-refractivity contribution in [3.8, 4) is 11.1 Å². The van der Waals surface area contributed by atoms with Crippen LogP contribution in [0.15, 0.2) is 36.4 Å². The maximum Gasteiger partial charge on any atom is 0.167 e. The highest BCUT2D eigenvalue weighted by molar-refractivity contribution is 5.66. The summed E-state index contributed by atoms with van der Waals surface area (Å²) in [6.07, 6.45) is 9.90. The lowest BCUT2D eigenvalue weighted by Crippen LogP contribution is -2.26. The van der Waals surface area contributed by atoms with Crippen LogP contribution in [0.25, 0.3) is 11.1 Å². The first-order chi connectivity index (χ1) is 21.7. The van der Waals surface area contributed by atoms with Crippen LogP contribution >= 0.6 is 0 Å². The summed E-state index contributed by atoms with van der Waals surface area (Å²) in [6.45, 7) is 4.38. The normalized spacial score (nSPS) is 22.1. The lowest BCUT2D eigenvalue weighted by molar-refractivity contribution is -0.00294. The summed E-state index contributed by atoms with van der Waals surface area (Å²) in [6, 6.07) is 9.09. The smallest absolute Gasteiger partial charge is 0.167 e. The third-order valence-corrected chi connectivity index (χ3v) is 10.2. The van der Waals surface area contributed by atoms with E-state index in [0.29, 0.717) is 49.3 Å². The number of unbranched alkanes of at least 4 members (excludes halogenated alkanes) is 2. The van der Waals surface area contributed by atoms with Crippen LogP contribution in [0.1, 0.15) is 119 Å². The van der Waals surface area contributed by atoms with Crippen LogP contribution in [0.3, 0.4) is 0 Å². The lowest BCUT2D eigenvalue weighted by atomic mass is 9.78. The Kier molecular flexibility index (Phi) is 11.3. The van der Waals surface area contributed by atoms with Crippen molar-refractivity contribution in [3.63, 3.8) is 0 Å². The number of hydrogen-bond donors (Lipinski definition) is 0. The molecule has 2 aliphatic carbocycles. The van der Waals surface area contributed by atoms with Crippen LogP contribution in [0.4, 0.5) is 26.3 Å². The summed E-state index contributed by atoms with van der Waals surface area (Å²) < 4.78 is 95.2. The molecule has 1 nitrogen and oxygen atoms in total. The van der Waals surface area contributed by atoms with E-state index in [4.69, 9.17) is 4.74 Å². The molecule has 45 heavy (non-hydrogen) atoms. The Balaban J connectivity index is 1.10. The molecule has 5 rings (SSSR count). The van der Waals surface area contributed by atoms with Gasteiger partial charge in [0.15, 0.2) is 34.9 Å². The summed E-state index contributed by atoms with van der Waals surface area (Å²) >= 11 is 0. The quantitative estimate of drug-likeness (QED) is 0.151. The molecule has 0 spiro atoms. The zero-order valence-corrected chi connectivity index (χ0v) is 26.3. The summed E-state index contributed by atoms with van der Waals surface area (Å²) in [4.78, 5) is 0. The molecular formula is C38H44F6O. The van der Waals surface area contributed by atoms with Crippen LogP contribution in [0, 0.1) is 40.8 Å². The predicted molar refractivity (Wildman–Crippen MR) is 166 cm³/mol. The van der Waals surface area contributed by atoms with Gasteiger partial charge in [-0.05, 0) is 111 Å². The van der Waals surface area contributed by atoms with Gasteiger partial charge in [-0.2, -0.15) is 0 Å². The van der Waals surface area contributed by atoms with Gasteiger partial charge >= 0.3 is 0 Å². The van der Waals surface area contributed by atoms with Crippen LogP contribution in [0.5, 0.6) is 0 Å². The molecule has 3 aromatic carbocycles. The minimum Gasteiger partial charge on any atom is -0.378 e. The van der Waals surface area contributed by atoms with Gasteiger partial charge in [0.25, 0.3) is 0 Å². The van der Waals surface area contributed by atoms with Crippen molar-refractivity contribution in [1.29, 1.82) is 0 Å². The van der Waals surface area contributed by atoms with E-state index in [9.17, 15) is 17.6 Å². The van der Waals surface area contributed by atoms with Crippen molar-refractivity contribution in [1.82, 2.24) is 0 Å². The number of halogens is 6. The van der Waals surface area contributed by atoms with Gasteiger partial charge in [-0.3, -0.25) is 0 Å². The standard InChI is InChI=1S/C38H44F6O/c1-3-5-6-7-27-15-18-29(35(41)34(27)40)25-10-8-23(9-11-25)22-45-28-16-12-26(13-17-28)30-20-21-32(38(44)36(30)42)31-19-14-24(4-2)33(39)37(31)43/h14-15,18-21,23,25-26,28H,3-13,16-17,22H2,1-2H3. The summed E-state index contributed by atoms with van der Waals surface area (Å²) in [5.74, 6) is -5.53. The second kappa shape index (κ2) is 15.2.